The molecule has 106 valence electrons. The second kappa shape index (κ2) is 5.57. The Morgan fingerprint density at radius 3 is 2.75 bits per heavy atom. The lowest BCUT2D eigenvalue weighted by molar-refractivity contribution is 0.232. The van der Waals surface area contributed by atoms with E-state index in [9.17, 15) is 0 Å². The Bertz CT molecular complexity index is 550. The summed E-state index contributed by atoms with van der Waals surface area (Å²) in [7, 11) is 0. The number of nitrogens with one attached hydrogen (secondary N) is 1. The standard InChI is InChI=1S/C17H22N2S/c1-17(2)8-6-14(7-9-17)19-15-5-3-4-13(12-15)16-18-10-11-20-16/h3-5,10-12,14,19H,6-9H2,1-2H3. The quantitative estimate of drug-likeness (QED) is 0.839. The van der Waals surface area contributed by atoms with Gasteiger partial charge >= 0.3 is 0 Å². The molecule has 20 heavy (non-hydrogen) atoms. The molecule has 2 aromatic rings. The summed E-state index contributed by atoms with van der Waals surface area (Å²) >= 11 is 1.69. The largest absolute Gasteiger partial charge is 0.382 e. The number of aromatic nitrogens is 1. The van der Waals surface area contributed by atoms with E-state index in [1.54, 1.807) is 11.3 Å². The highest BCUT2D eigenvalue weighted by Gasteiger charge is 2.26. The zero-order valence-electron chi connectivity index (χ0n) is 12.2. The molecule has 1 heterocycles. The van der Waals surface area contributed by atoms with Crippen LogP contribution in [0.2, 0.25) is 0 Å². The van der Waals surface area contributed by atoms with Crippen molar-refractivity contribution in [2.75, 3.05) is 5.32 Å². The molecule has 1 aliphatic rings. The molecule has 1 aliphatic carbocycles. The van der Waals surface area contributed by atoms with Crippen LogP contribution in [-0.4, -0.2) is 11.0 Å². The molecule has 0 atom stereocenters. The highest BCUT2D eigenvalue weighted by molar-refractivity contribution is 7.13. The number of thiazole rings is 1. The van der Waals surface area contributed by atoms with Crippen molar-refractivity contribution in [1.29, 1.82) is 0 Å². The summed E-state index contributed by atoms with van der Waals surface area (Å²) in [6.45, 7) is 4.76. The molecule has 0 saturated heterocycles. The fourth-order valence-corrected chi connectivity index (χ4v) is 3.52. The van der Waals surface area contributed by atoms with Gasteiger partial charge in [0.05, 0.1) is 0 Å². The van der Waals surface area contributed by atoms with E-state index in [0.29, 0.717) is 11.5 Å². The highest BCUT2D eigenvalue weighted by atomic mass is 32.1. The van der Waals surface area contributed by atoms with Crippen LogP contribution in [0.5, 0.6) is 0 Å². The molecule has 1 aromatic heterocycles. The Labute approximate surface area is 125 Å². The number of hydrogen-bond donors (Lipinski definition) is 1. The maximum Gasteiger partial charge on any atom is 0.123 e. The fourth-order valence-electron chi connectivity index (χ4n) is 2.89. The number of nitrogens with zero attached hydrogens (tertiary/aromatic N) is 1. The van der Waals surface area contributed by atoms with E-state index in [0.717, 1.165) is 5.01 Å². The van der Waals surface area contributed by atoms with Gasteiger partial charge in [-0.05, 0) is 43.2 Å². The average molecular weight is 286 g/mol. The third-order valence-electron chi connectivity index (χ3n) is 4.25. The second-order valence-electron chi connectivity index (χ2n) is 6.50. The van der Waals surface area contributed by atoms with Gasteiger partial charge in [0.25, 0.3) is 0 Å². The molecular weight excluding hydrogens is 264 g/mol. The normalized spacial score (nSPS) is 18.9. The maximum atomic E-state index is 4.38. The van der Waals surface area contributed by atoms with Crippen LogP contribution >= 0.6 is 11.3 Å². The van der Waals surface area contributed by atoms with Crippen molar-refractivity contribution in [1.82, 2.24) is 4.98 Å². The van der Waals surface area contributed by atoms with E-state index in [2.05, 4.69) is 48.4 Å². The van der Waals surface area contributed by atoms with Gasteiger partial charge in [0.2, 0.25) is 0 Å². The molecular formula is C17H22N2S. The molecule has 1 N–H and O–H groups in total. The molecule has 1 aromatic carbocycles. The van der Waals surface area contributed by atoms with E-state index in [1.165, 1.54) is 36.9 Å². The summed E-state index contributed by atoms with van der Waals surface area (Å²) in [5.74, 6) is 0. The smallest absolute Gasteiger partial charge is 0.123 e. The zero-order chi connectivity index (χ0) is 14.0. The molecule has 0 bridgehead atoms. The van der Waals surface area contributed by atoms with Crippen LogP contribution in [0.3, 0.4) is 0 Å². The van der Waals surface area contributed by atoms with E-state index in [-0.39, 0.29) is 0 Å². The molecule has 0 radical (unpaired) electrons. The first-order valence-electron chi connectivity index (χ1n) is 7.39. The summed E-state index contributed by atoms with van der Waals surface area (Å²) in [6, 6.07) is 9.25. The van der Waals surface area contributed by atoms with Crippen molar-refractivity contribution in [3.05, 3.63) is 35.8 Å². The lowest BCUT2D eigenvalue weighted by Crippen LogP contribution is -2.29. The minimum absolute atomic E-state index is 0.529. The summed E-state index contributed by atoms with van der Waals surface area (Å²) in [5.41, 5.74) is 2.96. The molecule has 3 heteroatoms. The molecule has 0 unspecified atom stereocenters. The van der Waals surface area contributed by atoms with Gasteiger partial charge in [-0.3, -0.25) is 0 Å². The van der Waals surface area contributed by atoms with E-state index >= 15 is 0 Å². The first kappa shape index (κ1) is 13.6. The van der Waals surface area contributed by atoms with Crippen LogP contribution in [0.4, 0.5) is 5.69 Å². The first-order chi connectivity index (χ1) is 9.62. The predicted octanol–water partition coefficient (Wildman–Crippen LogP) is 5.19. The van der Waals surface area contributed by atoms with E-state index in [4.69, 9.17) is 0 Å². The van der Waals surface area contributed by atoms with E-state index in [1.807, 2.05) is 11.6 Å². The van der Waals surface area contributed by atoms with Crippen LogP contribution < -0.4 is 5.32 Å². The van der Waals surface area contributed by atoms with Crippen molar-refractivity contribution in [2.24, 2.45) is 5.41 Å². The first-order valence-corrected chi connectivity index (χ1v) is 8.27. The molecule has 0 aliphatic heterocycles. The van der Waals surface area contributed by atoms with Crippen LogP contribution in [0.15, 0.2) is 35.8 Å². The van der Waals surface area contributed by atoms with Gasteiger partial charge in [-0.1, -0.05) is 26.0 Å². The Kier molecular flexibility index (Phi) is 3.79. The van der Waals surface area contributed by atoms with Crippen LogP contribution in [-0.2, 0) is 0 Å². The molecule has 1 fully saturated rings. The third kappa shape index (κ3) is 3.21. The third-order valence-corrected chi connectivity index (χ3v) is 5.07. The minimum Gasteiger partial charge on any atom is -0.382 e. The van der Waals surface area contributed by atoms with Crippen LogP contribution in [0.25, 0.3) is 10.6 Å². The Balaban J connectivity index is 1.68. The van der Waals surface area contributed by atoms with Gasteiger partial charge in [0, 0.05) is 28.9 Å². The predicted molar refractivity (Wildman–Crippen MR) is 87.2 cm³/mol. The SMILES string of the molecule is CC1(C)CCC(Nc2cccc(-c3nccs3)c2)CC1. The zero-order valence-corrected chi connectivity index (χ0v) is 13.0. The molecule has 0 spiro atoms. The summed E-state index contributed by atoms with van der Waals surface area (Å²) < 4.78 is 0. The van der Waals surface area contributed by atoms with Gasteiger partial charge in [-0.25, -0.2) is 4.98 Å². The lowest BCUT2D eigenvalue weighted by Gasteiger charge is -2.35. The Morgan fingerprint density at radius 1 is 1.25 bits per heavy atom. The van der Waals surface area contributed by atoms with Gasteiger partial charge in [0.15, 0.2) is 0 Å². The van der Waals surface area contributed by atoms with Crippen LogP contribution in [0, 0.1) is 5.41 Å². The lowest BCUT2D eigenvalue weighted by atomic mass is 9.75. The van der Waals surface area contributed by atoms with E-state index < -0.39 is 0 Å². The second-order valence-corrected chi connectivity index (χ2v) is 7.40. The number of hydrogen-bond acceptors (Lipinski definition) is 3. The number of rotatable bonds is 3. The molecule has 2 nitrogen and oxygen atoms in total. The summed E-state index contributed by atoms with van der Waals surface area (Å²) in [4.78, 5) is 4.38. The minimum atomic E-state index is 0.529. The molecule has 0 amide bonds. The number of anilines is 1. The van der Waals surface area contributed by atoms with Gasteiger partial charge < -0.3 is 5.32 Å². The Hall–Kier alpha value is -1.35. The van der Waals surface area contributed by atoms with Crippen molar-refractivity contribution in [3.63, 3.8) is 0 Å². The van der Waals surface area contributed by atoms with Crippen molar-refractivity contribution in [2.45, 2.75) is 45.6 Å². The fraction of sp³-hybridized carbons (Fsp3) is 0.471. The van der Waals surface area contributed by atoms with Gasteiger partial charge in [-0.2, -0.15) is 0 Å². The monoisotopic (exact) mass is 286 g/mol. The number of benzene rings is 1. The van der Waals surface area contributed by atoms with Gasteiger partial charge in [0.1, 0.15) is 5.01 Å². The molecule has 1 saturated carbocycles. The maximum absolute atomic E-state index is 4.38. The summed E-state index contributed by atoms with van der Waals surface area (Å²) in [5, 5.41) is 6.82. The highest BCUT2D eigenvalue weighted by Crippen LogP contribution is 2.36. The Morgan fingerprint density at radius 2 is 2.05 bits per heavy atom. The van der Waals surface area contributed by atoms with Gasteiger partial charge in [-0.15, -0.1) is 11.3 Å². The molecule has 3 rings (SSSR count). The van der Waals surface area contributed by atoms with Crippen molar-refractivity contribution in [3.8, 4) is 10.6 Å². The summed E-state index contributed by atoms with van der Waals surface area (Å²) in [6.07, 6.45) is 7.04. The van der Waals surface area contributed by atoms with Crippen molar-refractivity contribution >= 4 is 17.0 Å². The topological polar surface area (TPSA) is 24.9 Å². The average Bonchev–Trinajstić information content (AvgIpc) is 2.96. The van der Waals surface area contributed by atoms with Crippen LogP contribution in [0.1, 0.15) is 39.5 Å². The van der Waals surface area contributed by atoms with Crippen molar-refractivity contribution < 1.29 is 0 Å².